The Morgan fingerprint density at radius 3 is 2.57 bits per heavy atom. The zero-order chi connectivity index (χ0) is 15.2. The average Bonchev–Trinajstić information content (AvgIpc) is 2.48. The van der Waals surface area contributed by atoms with E-state index in [1.807, 2.05) is 7.05 Å². The lowest BCUT2D eigenvalue weighted by molar-refractivity contribution is 0.882. The standard InChI is InChI=1S/C16H21BrN4/c1-4-9-18-15-14(17)16(20-11-19-15)21(3)10-13-7-5-12(2)6-8-13/h5-8,11H,4,9-10H2,1-3H3,(H,18,19,20). The molecule has 4 nitrogen and oxygen atoms in total. The van der Waals surface area contributed by atoms with Gasteiger partial charge in [-0.25, -0.2) is 9.97 Å². The first-order valence-corrected chi connectivity index (χ1v) is 7.92. The summed E-state index contributed by atoms with van der Waals surface area (Å²) in [5, 5.41) is 3.30. The Kier molecular flexibility index (Phi) is 5.56. The molecule has 0 aliphatic heterocycles. The summed E-state index contributed by atoms with van der Waals surface area (Å²) in [6.07, 6.45) is 2.66. The summed E-state index contributed by atoms with van der Waals surface area (Å²) in [6.45, 7) is 5.94. The van der Waals surface area contributed by atoms with Crippen LogP contribution in [0.5, 0.6) is 0 Å². The molecule has 0 atom stereocenters. The second kappa shape index (κ2) is 7.41. The molecule has 112 valence electrons. The molecule has 2 rings (SSSR count). The third-order valence-corrected chi connectivity index (χ3v) is 3.95. The van der Waals surface area contributed by atoms with Crippen molar-refractivity contribution < 1.29 is 0 Å². The van der Waals surface area contributed by atoms with Crippen LogP contribution in [0.3, 0.4) is 0 Å². The van der Waals surface area contributed by atoms with Crippen molar-refractivity contribution in [2.24, 2.45) is 0 Å². The Labute approximate surface area is 134 Å². The Balaban J connectivity index is 2.14. The minimum absolute atomic E-state index is 0.809. The second-order valence-corrected chi connectivity index (χ2v) is 5.92. The van der Waals surface area contributed by atoms with Crippen molar-refractivity contribution in [3.05, 3.63) is 46.2 Å². The molecule has 0 aliphatic rings. The van der Waals surface area contributed by atoms with Gasteiger partial charge in [0.05, 0.1) is 0 Å². The van der Waals surface area contributed by atoms with E-state index in [1.54, 1.807) is 6.33 Å². The van der Waals surface area contributed by atoms with Crippen molar-refractivity contribution in [1.29, 1.82) is 0 Å². The van der Waals surface area contributed by atoms with E-state index in [0.717, 1.165) is 35.6 Å². The predicted molar refractivity (Wildman–Crippen MR) is 91.8 cm³/mol. The van der Waals surface area contributed by atoms with E-state index in [0.29, 0.717) is 0 Å². The number of nitrogens with zero attached hydrogens (tertiary/aromatic N) is 3. The first-order valence-electron chi connectivity index (χ1n) is 7.13. The molecular formula is C16H21BrN4. The molecule has 5 heteroatoms. The Bertz CT molecular complexity index is 583. The molecule has 1 aromatic heterocycles. The van der Waals surface area contributed by atoms with E-state index in [1.165, 1.54) is 11.1 Å². The minimum atomic E-state index is 0.809. The van der Waals surface area contributed by atoms with Crippen LogP contribution in [0.1, 0.15) is 24.5 Å². The Morgan fingerprint density at radius 1 is 1.19 bits per heavy atom. The van der Waals surface area contributed by atoms with E-state index in [9.17, 15) is 0 Å². The van der Waals surface area contributed by atoms with Crippen LogP contribution in [0.25, 0.3) is 0 Å². The molecule has 0 spiro atoms. The van der Waals surface area contributed by atoms with Crippen LogP contribution in [-0.4, -0.2) is 23.6 Å². The first-order chi connectivity index (χ1) is 10.1. The van der Waals surface area contributed by atoms with Gasteiger partial charge >= 0.3 is 0 Å². The van der Waals surface area contributed by atoms with Crippen molar-refractivity contribution in [3.8, 4) is 0 Å². The van der Waals surface area contributed by atoms with Crippen LogP contribution < -0.4 is 10.2 Å². The smallest absolute Gasteiger partial charge is 0.148 e. The fourth-order valence-electron chi connectivity index (χ4n) is 2.04. The fourth-order valence-corrected chi connectivity index (χ4v) is 2.68. The number of aromatic nitrogens is 2. The number of benzene rings is 1. The summed E-state index contributed by atoms with van der Waals surface area (Å²) in [7, 11) is 2.04. The third-order valence-electron chi connectivity index (χ3n) is 3.22. The highest BCUT2D eigenvalue weighted by Gasteiger charge is 2.12. The topological polar surface area (TPSA) is 41.1 Å². The normalized spacial score (nSPS) is 10.5. The Morgan fingerprint density at radius 2 is 1.90 bits per heavy atom. The maximum absolute atomic E-state index is 4.39. The van der Waals surface area contributed by atoms with Crippen LogP contribution in [-0.2, 0) is 6.54 Å². The van der Waals surface area contributed by atoms with Crippen LogP contribution in [0.4, 0.5) is 11.6 Å². The number of nitrogens with one attached hydrogen (secondary N) is 1. The lowest BCUT2D eigenvalue weighted by Crippen LogP contribution is -2.19. The van der Waals surface area contributed by atoms with Crippen LogP contribution in [0, 0.1) is 6.92 Å². The molecule has 0 bridgehead atoms. The summed E-state index contributed by atoms with van der Waals surface area (Å²) < 4.78 is 0.910. The summed E-state index contributed by atoms with van der Waals surface area (Å²) in [5.41, 5.74) is 2.53. The minimum Gasteiger partial charge on any atom is -0.369 e. The van der Waals surface area contributed by atoms with E-state index < -0.39 is 0 Å². The van der Waals surface area contributed by atoms with Gasteiger partial charge in [-0.05, 0) is 34.8 Å². The van der Waals surface area contributed by atoms with Gasteiger partial charge in [-0.1, -0.05) is 36.8 Å². The van der Waals surface area contributed by atoms with Crippen molar-refractivity contribution in [2.45, 2.75) is 26.8 Å². The Hall–Kier alpha value is -1.62. The zero-order valence-corrected chi connectivity index (χ0v) is 14.3. The van der Waals surface area contributed by atoms with Crippen LogP contribution >= 0.6 is 15.9 Å². The molecule has 0 saturated heterocycles. The number of aryl methyl sites for hydroxylation is 1. The number of halogens is 1. The fraction of sp³-hybridized carbons (Fsp3) is 0.375. The molecule has 2 aromatic rings. The number of rotatable bonds is 6. The van der Waals surface area contributed by atoms with Gasteiger partial charge in [-0.2, -0.15) is 0 Å². The molecule has 0 saturated carbocycles. The summed E-state index contributed by atoms with van der Waals surface area (Å²) in [6, 6.07) is 8.56. The van der Waals surface area contributed by atoms with Gasteiger partial charge in [-0.3, -0.25) is 0 Å². The van der Waals surface area contributed by atoms with E-state index in [2.05, 4.69) is 74.2 Å². The highest BCUT2D eigenvalue weighted by molar-refractivity contribution is 9.10. The first kappa shape index (κ1) is 15.8. The number of hydrogen-bond donors (Lipinski definition) is 1. The van der Waals surface area contributed by atoms with E-state index in [4.69, 9.17) is 0 Å². The summed E-state index contributed by atoms with van der Waals surface area (Å²) >= 11 is 3.61. The summed E-state index contributed by atoms with van der Waals surface area (Å²) in [5.74, 6) is 1.74. The number of hydrogen-bond acceptors (Lipinski definition) is 4. The van der Waals surface area contributed by atoms with Crippen LogP contribution in [0.2, 0.25) is 0 Å². The number of anilines is 2. The molecule has 21 heavy (non-hydrogen) atoms. The quantitative estimate of drug-likeness (QED) is 0.856. The zero-order valence-electron chi connectivity index (χ0n) is 12.7. The highest BCUT2D eigenvalue weighted by Crippen LogP contribution is 2.29. The molecule has 1 N–H and O–H groups in total. The maximum atomic E-state index is 4.39. The van der Waals surface area contributed by atoms with Gasteiger partial charge in [0.1, 0.15) is 22.4 Å². The van der Waals surface area contributed by atoms with Gasteiger partial charge in [0, 0.05) is 20.1 Å². The molecule has 0 aliphatic carbocycles. The molecule has 1 heterocycles. The van der Waals surface area contributed by atoms with E-state index >= 15 is 0 Å². The van der Waals surface area contributed by atoms with Crippen LogP contribution in [0.15, 0.2) is 35.1 Å². The SMILES string of the molecule is CCCNc1ncnc(N(C)Cc2ccc(C)cc2)c1Br. The average molecular weight is 349 g/mol. The van der Waals surface area contributed by atoms with Crippen molar-refractivity contribution >= 4 is 27.6 Å². The molecule has 0 fully saturated rings. The maximum Gasteiger partial charge on any atom is 0.148 e. The molecule has 0 amide bonds. The van der Waals surface area contributed by atoms with E-state index in [-0.39, 0.29) is 0 Å². The monoisotopic (exact) mass is 348 g/mol. The van der Waals surface area contributed by atoms with Crippen molar-refractivity contribution in [1.82, 2.24) is 9.97 Å². The second-order valence-electron chi connectivity index (χ2n) is 5.13. The molecular weight excluding hydrogens is 328 g/mol. The lowest BCUT2D eigenvalue weighted by Gasteiger charge is -2.20. The molecule has 1 aromatic carbocycles. The van der Waals surface area contributed by atoms with Gasteiger partial charge in [0.2, 0.25) is 0 Å². The van der Waals surface area contributed by atoms with Gasteiger partial charge in [0.25, 0.3) is 0 Å². The van der Waals surface area contributed by atoms with Gasteiger partial charge < -0.3 is 10.2 Å². The largest absolute Gasteiger partial charge is 0.369 e. The molecule has 0 radical (unpaired) electrons. The van der Waals surface area contributed by atoms with Crippen molar-refractivity contribution in [3.63, 3.8) is 0 Å². The van der Waals surface area contributed by atoms with Gasteiger partial charge in [-0.15, -0.1) is 0 Å². The summed E-state index contributed by atoms with van der Waals surface area (Å²) in [4.78, 5) is 10.8. The predicted octanol–water partition coefficient (Wildman–Crippen LogP) is 4.01. The third kappa shape index (κ3) is 4.17. The van der Waals surface area contributed by atoms with Gasteiger partial charge in [0.15, 0.2) is 0 Å². The van der Waals surface area contributed by atoms with Crippen molar-refractivity contribution in [2.75, 3.05) is 23.8 Å². The molecule has 0 unspecified atom stereocenters. The lowest BCUT2D eigenvalue weighted by atomic mass is 10.1. The highest BCUT2D eigenvalue weighted by atomic mass is 79.9.